The molecule has 2 aromatic rings. The first-order valence-electron chi connectivity index (χ1n) is 6.51. The van der Waals surface area contributed by atoms with Crippen LogP contribution < -0.4 is 0 Å². The van der Waals surface area contributed by atoms with Crippen molar-refractivity contribution in [3.63, 3.8) is 0 Å². The van der Waals surface area contributed by atoms with Crippen LogP contribution in [0.5, 0.6) is 0 Å². The quantitative estimate of drug-likeness (QED) is 0.890. The fourth-order valence-electron chi connectivity index (χ4n) is 2.22. The van der Waals surface area contributed by atoms with Crippen molar-refractivity contribution in [2.24, 2.45) is 5.92 Å². The molecule has 1 N–H and O–H groups in total. The van der Waals surface area contributed by atoms with Crippen molar-refractivity contribution in [1.82, 2.24) is 14.3 Å². The molecule has 0 radical (unpaired) electrons. The number of hydrogen-bond donors (Lipinski definition) is 1. The van der Waals surface area contributed by atoms with Crippen molar-refractivity contribution in [2.45, 2.75) is 20.4 Å². The molecular formula is C14H18ClN3O2. The highest BCUT2D eigenvalue weighted by atomic mass is 35.5. The van der Waals surface area contributed by atoms with E-state index in [1.807, 2.05) is 21.6 Å². The first-order chi connectivity index (χ1) is 9.44. The summed E-state index contributed by atoms with van der Waals surface area (Å²) in [4.78, 5) is 17.3. The smallest absolute Gasteiger partial charge is 0.317 e. The predicted molar refractivity (Wildman–Crippen MR) is 78.0 cm³/mol. The highest BCUT2D eigenvalue weighted by molar-refractivity contribution is 6.30. The van der Waals surface area contributed by atoms with Gasteiger partial charge in [0.15, 0.2) is 0 Å². The summed E-state index contributed by atoms with van der Waals surface area (Å²) >= 11 is 5.93. The first kappa shape index (κ1) is 14.8. The van der Waals surface area contributed by atoms with Gasteiger partial charge in [0, 0.05) is 25.5 Å². The summed E-state index contributed by atoms with van der Waals surface area (Å²) in [5.74, 6) is -0.418. The van der Waals surface area contributed by atoms with Crippen LogP contribution in [0.1, 0.15) is 19.5 Å². The van der Waals surface area contributed by atoms with Crippen molar-refractivity contribution in [3.8, 4) is 0 Å². The molecular weight excluding hydrogens is 278 g/mol. The van der Waals surface area contributed by atoms with Crippen LogP contribution in [0.3, 0.4) is 0 Å². The number of carboxylic acids is 1. The van der Waals surface area contributed by atoms with Crippen LogP contribution in [0.15, 0.2) is 24.5 Å². The van der Waals surface area contributed by atoms with Crippen molar-refractivity contribution >= 4 is 23.2 Å². The molecule has 20 heavy (non-hydrogen) atoms. The number of aliphatic carboxylic acids is 1. The Morgan fingerprint density at radius 3 is 2.85 bits per heavy atom. The van der Waals surface area contributed by atoms with Crippen LogP contribution in [0.4, 0.5) is 0 Å². The summed E-state index contributed by atoms with van der Waals surface area (Å²) in [6.07, 6.45) is 3.67. The Bertz CT molecular complexity index is 609. The van der Waals surface area contributed by atoms with Crippen LogP contribution in [-0.2, 0) is 11.3 Å². The Labute approximate surface area is 122 Å². The van der Waals surface area contributed by atoms with Gasteiger partial charge in [0.25, 0.3) is 0 Å². The molecule has 0 aliphatic rings. The normalized spacial score (nSPS) is 11.7. The summed E-state index contributed by atoms with van der Waals surface area (Å²) in [6.45, 7) is 5.40. The van der Waals surface area contributed by atoms with Gasteiger partial charge in [0.1, 0.15) is 5.65 Å². The molecule has 0 spiro atoms. The fraction of sp³-hybridized carbons (Fsp3) is 0.429. The number of carboxylic acid groups (broad SMARTS) is 1. The second-order valence-electron chi connectivity index (χ2n) is 5.30. The van der Waals surface area contributed by atoms with Gasteiger partial charge >= 0.3 is 5.97 Å². The zero-order valence-electron chi connectivity index (χ0n) is 11.6. The summed E-state index contributed by atoms with van der Waals surface area (Å²) < 4.78 is 1.85. The molecule has 0 bridgehead atoms. The van der Waals surface area contributed by atoms with Crippen molar-refractivity contribution in [1.29, 1.82) is 0 Å². The maximum Gasteiger partial charge on any atom is 0.317 e. The van der Waals surface area contributed by atoms with Crippen LogP contribution in [-0.4, -0.2) is 38.4 Å². The number of hydrogen-bond acceptors (Lipinski definition) is 3. The maximum absolute atomic E-state index is 10.9. The molecule has 0 unspecified atom stereocenters. The number of rotatable bonds is 6. The van der Waals surface area contributed by atoms with E-state index in [2.05, 4.69) is 18.8 Å². The lowest BCUT2D eigenvalue weighted by Gasteiger charge is -2.21. The molecule has 0 amide bonds. The number of aromatic nitrogens is 2. The maximum atomic E-state index is 10.9. The van der Waals surface area contributed by atoms with Gasteiger partial charge in [-0.25, -0.2) is 4.98 Å². The zero-order chi connectivity index (χ0) is 14.7. The molecule has 5 nitrogen and oxygen atoms in total. The van der Waals surface area contributed by atoms with Gasteiger partial charge in [-0.3, -0.25) is 9.69 Å². The van der Waals surface area contributed by atoms with E-state index in [9.17, 15) is 4.79 Å². The summed E-state index contributed by atoms with van der Waals surface area (Å²) in [5, 5.41) is 9.61. The van der Waals surface area contributed by atoms with E-state index in [1.165, 1.54) is 0 Å². The molecule has 0 aliphatic heterocycles. The number of carbonyl (C=O) groups is 1. The van der Waals surface area contributed by atoms with Crippen molar-refractivity contribution < 1.29 is 9.90 Å². The molecule has 2 heterocycles. The third-order valence-corrected chi connectivity index (χ3v) is 3.06. The summed E-state index contributed by atoms with van der Waals surface area (Å²) in [7, 11) is 0. The van der Waals surface area contributed by atoms with Gasteiger partial charge < -0.3 is 9.51 Å². The Hall–Kier alpha value is -1.59. The highest BCUT2D eigenvalue weighted by Crippen LogP contribution is 2.13. The molecule has 108 valence electrons. The standard InChI is InChI=1S/C14H18ClN3O2/c1-10(2)5-17(9-14(19)20)7-12-8-18-6-11(15)3-4-13(18)16-12/h3-4,6,8,10H,5,7,9H2,1-2H3,(H,19,20). The van der Waals surface area contributed by atoms with E-state index in [4.69, 9.17) is 16.7 Å². The van der Waals surface area contributed by atoms with Gasteiger partial charge in [-0.15, -0.1) is 0 Å². The molecule has 0 fully saturated rings. The van der Waals surface area contributed by atoms with Crippen LogP contribution in [0, 0.1) is 5.92 Å². The molecule has 0 saturated carbocycles. The zero-order valence-corrected chi connectivity index (χ0v) is 12.3. The number of imidazole rings is 1. The average molecular weight is 296 g/mol. The first-order valence-corrected chi connectivity index (χ1v) is 6.89. The molecule has 0 atom stereocenters. The molecule has 0 aromatic carbocycles. The van der Waals surface area contributed by atoms with E-state index in [0.29, 0.717) is 17.5 Å². The Kier molecular flexibility index (Phi) is 4.62. The third kappa shape index (κ3) is 3.95. The van der Waals surface area contributed by atoms with Gasteiger partial charge in [0.2, 0.25) is 0 Å². The van der Waals surface area contributed by atoms with Gasteiger partial charge in [0.05, 0.1) is 17.3 Å². The third-order valence-electron chi connectivity index (χ3n) is 2.83. The largest absolute Gasteiger partial charge is 0.480 e. The topological polar surface area (TPSA) is 57.8 Å². The lowest BCUT2D eigenvalue weighted by atomic mass is 10.2. The second kappa shape index (κ2) is 6.24. The van der Waals surface area contributed by atoms with Crippen molar-refractivity contribution in [3.05, 3.63) is 35.2 Å². The Morgan fingerprint density at radius 2 is 2.20 bits per heavy atom. The molecule has 2 rings (SSSR count). The second-order valence-corrected chi connectivity index (χ2v) is 5.74. The number of halogens is 1. The monoisotopic (exact) mass is 295 g/mol. The molecule has 0 saturated heterocycles. The van der Waals surface area contributed by atoms with Crippen LogP contribution in [0.25, 0.3) is 5.65 Å². The van der Waals surface area contributed by atoms with Gasteiger partial charge in [-0.2, -0.15) is 0 Å². The average Bonchev–Trinajstić information content (AvgIpc) is 2.68. The predicted octanol–water partition coefficient (Wildman–Crippen LogP) is 2.53. The van der Waals surface area contributed by atoms with E-state index in [0.717, 1.165) is 17.9 Å². The number of nitrogens with zero attached hydrogens (tertiary/aromatic N) is 3. The lowest BCUT2D eigenvalue weighted by Crippen LogP contribution is -2.32. The number of pyridine rings is 1. The minimum atomic E-state index is -0.822. The Balaban J connectivity index is 2.16. The number of fused-ring (bicyclic) bond motifs is 1. The minimum absolute atomic E-state index is 0.0206. The van der Waals surface area contributed by atoms with E-state index in [-0.39, 0.29) is 6.54 Å². The van der Waals surface area contributed by atoms with Gasteiger partial charge in [-0.1, -0.05) is 25.4 Å². The van der Waals surface area contributed by atoms with E-state index < -0.39 is 5.97 Å². The Morgan fingerprint density at radius 1 is 1.45 bits per heavy atom. The SMILES string of the molecule is CC(C)CN(CC(=O)O)Cc1cn2cc(Cl)ccc2n1. The highest BCUT2D eigenvalue weighted by Gasteiger charge is 2.14. The van der Waals surface area contributed by atoms with Crippen molar-refractivity contribution in [2.75, 3.05) is 13.1 Å². The lowest BCUT2D eigenvalue weighted by molar-refractivity contribution is -0.138. The summed E-state index contributed by atoms with van der Waals surface area (Å²) in [5.41, 5.74) is 1.65. The molecule has 6 heteroatoms. The van der Waals surface area contributed by atoms with E-state index >= 15 is 0 Å². The molecule has 2 aromatic heterocycles. The van der Waals surface area contributed by atoms with E-state index in [1.54, 1.807) is 12.3 Å². The summed E-state index contributed by atoms with van der Waals surface area (Å²) in [6, 6.07) is 3.63. The van der Waals surface area contributed by atoms with Crippen LogP contribution in [0.2, 0.25) is 5.02 Å². The minimum Gasteiger partial charge on any atom is -0.480 e. The van der Waals surface area contributed by atoms with Crippen LogP contribution >= 0.6 is 11.6 Å². The fourth-order valence-corrected chi connectivity index (χ4v) is 2.38. The van der Waals surface area contributed by atoms with Gasteiger partial charge in [-0.05, 0) is 18.1 Å². The molecule has 0 aliphatic carbocycles.